The summed E-state index contributed by atoms with van der Waals surface area (Å²) in [5.74, 6) is 1.70. The smallest absolute Gasteiger partial charge is 0.243 e. The molecule has 6 heteroatoms. The molecule has 2 aromatic carbocycles. The van der Waals surface area contributed by atoms with Gasteiger partial charge in [-0.1, -0.05) is 12.1 Å². The van der Waals surface area contributed by atoms with Crippen molar-refractivity contribution in [3.63, 3.8) is 0 Å². The summed E-state index contributed by atoms with van der Waals surface area (Å²) < 4.78 is 38.8. The van der Waals surface area contributed by atoms with Crippen molar-refractivity contribution in [3.05, 3.63) is 53.1 Å². The first kappa shape index (κ1) is 17.1. The highest BCUT2D eigenvalue weighted by atomic mass is 32.2. The minimum Gasteiger partial charge on any atom is -0.454 e. The first-order chi connectivity index (χ1) is 13.1. The van der Waals surface area contributed by atoms with Gasteiger partial charge in [0.25, 0.3) is 0 Å². The van der Waals surface area contributed by atoms with Gasteiger partial charge >= 0.3 is 0 Å². The Morgan fingerprint density at radius 1 is 0.926 bits per heavy atom. The second-order valence-corrected chi connectivity index (χ2v) is 9.54. The van der Waals surface area contributed by atoms with Gasteiger partial charge in [0.2, 0.25) is 16.8 Å². The van der Waals surface area contributed by atoms with Gasteiger partial charge in [-0.25, -0.2) is 8.42 Å². The third-order valence-corrected chi connectivity index (χ3v) is 7.84. The second kappa shape index (κ2) is 6.53. The number of rotatable bonds is 3. The van der Waals surface area contributed by atoms with E-state index in [9.17, 15) is 8.42 Å². The van der Waals surface area contributed by atoms with Gasteiger partial charge in [-0.2, -0.15) is 4.31 Å². The van der Waals surface area contributed by atoms with Crippen LogP contribution >= 0.6 is 0 Å². The topological polar surface area (TPSA) is 55.8 Å². The summed E-state index contributed by atoms with van der Waals surface area (Å²) in [6, 6.07) is 11.6. The van der Waals surface area contributed by atoms with Crippen molar-refractivity contribution in [1.29, 1.82) is 0 Å². The summed E-state index contributed by atoms with van der Waals surface area (Å²) in [7, 11) is -3.45. The number of ether oxygens (including phenoxy) is 2. The van der Waals surface area contributed by atoms with E-state index in [1.54, 1.807) is 10.4 Å². The van der Waals surface area contributed by atoms with Gasteiger partial charge in [-0.05, 0) is 79.0 Å². The second-order valence-electron chi connectivity index (χ2n) is 7.60. The third-order valence-electron chi connectivity index (χ3n) is 5.98. The molecule has 27 heavy (non-hydrogen) atoms. The molecule has 0 aromatic heterocycles. The predicted molar refractivity (Wildman–Crippen MR) is 102 cm³/mol. The highest BCUT2D eigenvalue weighted by Gasteiger charge is 2.34. The molecular formula is C21H23NO4S. The first-order valence-corrected chi connectivity index (χ1v) is 11.1. The molecule has 0 amide bonds. The number of aryl methyl sites for hydroxylation is 2. The molecule has 1 unspecified atom stereocenters. The fraction of sp³-hybridized carbons (Fsp3) is 0.429. The van der Waals surface area contributed by atoms with Crippen molar-refractivity contribution in [3.8, 4) is 11.5 Å². The maximum atomic E-state index is 13.2. The Balaban J connectivity index is 1.37. The third kappa shape index (κ3) is 3.01. The number of nitrogens with zero attached hydrogens (tertiary/aromatic N) is 1. The Morgan fingerprint density at radius 2 is 1.74 bits per heavy atom. The quantitative estimate of drug-likeness (QED) is 0.812. The van der Waals surface area contributed by atoms with Crippen LogP contribution in [-0.4, -0.2) is 32.6 Å². The molecule has 5 rings (SSSR count). The van der Waals surface area contributed by atoms with Gasteiger partial charge in [0, 0.05) is 13.1 Å². The normalized spacial score (nSPS) is 22.0. The lowest BCUT2D eigenvalue weighted by molar-refractivity contribution is 0.174. The summed E-state index contributed by atoms with van der Waals surface area (Å²) in [6.45, 7) is 1.32. The summed E-state index contributed by atoms with van der Waals surface area (Å²) >= 11 is 0. The molecule has 0 spiro atoms. The molecule has 2 aliphatic heterocycles. The highest BCUT2D eigenvalue weighted by molar-refractivity contribution is 7.89. The molecule has 5 nitrogen and oxygen atoms in total. The van der Waals surface area contributed by atoms with Gasteiger partial charge in [-0.15, -0.1) is 0 Å². The van der Waals surface area contributed by atoms with E-state index < -0.39 is 10.0 Å². The zero-order valence-electron chi connectivity index (χ0n) is 15.2. The van der Waals surface area contributed by atoms with E-state index in [1.807, 2.05) is 30.3 Å². The average molecular weight is 385 g/mol. The Bertz CT molecular complexity index is 986. The van der Waals surface area contributed by atoms with Crippen molar-refractivity contribution in [1.82, 2.24) is 4.31 Å². The molecule has 0 saturated carbocycles. The van der Waals surface area contributed by atoms with E-state index in [0.29, 0.717) is 18.0 Å². The van der Waals surface area contributed by atoms with Gasteiger partial charge in [0.1, 0.15) is 0 Å². The highest BCUT2D eigenvalue weighted by Crippen LogP contribution is 2.38. The molecule has 2 aromatic rings. The van der Waals surface area contributed by atoms with E-state index in [-0.39, 0.29) is 12.7 Å². The summed E-state index contributed by atoms with van der Waals surface area (Å²) in [5.41, 5.74) is 3.62. The molecule has 1 atom stereocenters. The zero-order valence-corrected chi connectivity index (χ0v) is 16.0. The molecule has 142 valence electrons. The molecule has 0 bridgehead atoms. The minimum atomic E-state index is -3.45. The van der Waals surface area contributed by atoms with Gasteiger partial charge in [0.15, 0.2) is 11.5 Å². The van der Waals surface area contributed by atoms with Crippen LogP contribution in [-0.2, 0) is 22.9 Å². The summed E-state index contributed by atoms with van der Waals surface area (Å²) in [6.07, 6.45) is 5.21. The number of fused-ring (bicyclic) bond motifs is 2. The Labute approximate surface area is 160 Å². The monoisotopic (exact) mass is 385 g/mol. The number of sulfonamides is 1. The van der Waals surface area contributed by atoms with Gasteiger partial charge < -0.3 is 9.47 Å². The van der Waals surface area contributed by atoms with Gasteiger partial charge in [-0.3, -0.25) is 0 Å². The van der Waals surface area contributed by atoms with Crippen molar-refractivity contribution < 1.29 is 17.9 Å². The lowest BCUT2D eigenvalue weighted by Crippen LogP contribution is -2.29. The van der Waals surface area contributed by atoms with E-state index in [4.69, 9.17) is 9.47 Å². The van der Waals surface area contributed by atoms with Crippen LogP contribution in [0.25, 0.3) is 0 Å². The minimum absolute atomic E-state index is 0.187. The fourth-order valence-corrected chi connectivity index (χ4v) is 5.96. The van der Waals surface area contributed by atoms with Crippen LogP contribution in [0.5, 0.6) is 11.5 Å². The zero-order chi connectivity index (χ0) is 18.4. The van der Waals surface area contributed by atoms with E-state index in [0.717, 1.165) is 42.7 Å². The van der Waals surface area contributed by atoms with Crippen LogP contribution < -0.4 is 9.47 Å². The Hall–Kier alpha value is -2.05. The van der Waals surface area contributed by atoms with Crippen molar-refractivity contribution in [2.75, 3.05) is 19.9 Å². The van der Waals surface area contributed by atoms with E-state index in [1.165, 1.54) is 17.5 Å². The van der Waals surface area contributed by atoms with Crippen LogP contribution in [0.2, 0.25) is 0 Å². The molecule has 2 heterocycles. The maximum Gasteiger partial charge on any atom is 0.243 e. The van der Waals surface area contributed by atoms with Crippen molar-refractivity contribution in [2.45, 2.75) is 42.9 Å². The van der Waals surface area contributed by atoms with Crippen LogP contribution in [0, 0.1) is 0 Å². The fourth-order valence-electron chi connectivity index (χ4n) is 4.40. The number of hydrogen-bond donors (Lipinski definition) is 0. The molecule has 1 fully saturated rings. The average Bonchev–Trinajstić information content (AvgIpc) is 3.36. The van der Waals surface area contributed by atoms with Gasteiger partial charge in [0.05, 0.1) is 4.90 Å². The van der Waals surface area contributed by atoms with E-state index >= 15 is 0 Å². The SMILES string of the molecule is O=S(=O)(c1ccc2c(c1)CCCC2)N1CCC(c2ccc3c(c2)OCO3)C1. The first-order valence-electron chi connectivity index (χ1n) is 9.63. The van der Waals surface area contributed by atoms with Crippen molar-refractivity contribution in [2.24, 2.45) is 0 Å². The lowest BCUT2D eigenvalue weighted by Gasteiger charge is -2.20. The van der Waals surface area contributed by atoms with Crippen LogP contribution in [0.1, 0.15) is 41.9 Å². The molecule has 1 aliphatic carbocycles. The molecule has 3 aliphatic rings. The van der Waals surface area contributed by atoms with Crippen molar-refractivity contribution >= 4 is 10.0 Å². The summed E-state index contributed by atoms with van der Waals surface area (Å²) in [4.78, 5) is 0.439. The summed E-state index contributed by atoms with van der Waals surface area (Å²) in [5, 5.41) is 0. The molecule has 0 radical (unpaired) electrons. The number of benzene rings is 2. The Morgan fingerprint density at radius 3 is 2.63 bits per heavy atom. The molecular weight excluding hydrogens is 362 g/mol. The van der Waals surface area contributed by atoms with Crippen LogP contribution in [0.4, 0.5) is 0 Å². The van der Waals surface area contributed by atoms with E-state index in [2.05, 4.69) is 0 Å². The maximum absolute atomic E-state index is 13.2. The lowest BCUT2D eigenvalue weighted by atomic mass is 9.92. The predicted octanol–water partition coefficient (Wildman–Crippen LogP) is 3.47. The largest absolute Gasteiger partial charge is 0.454 e. The standard InChI is InChI=1S/C21H23NO4S/c23-27(24,19-7-5-15-3-1-2-4-16(15)11-19)22-10-9-18(13-22)17-6-8-20-21(12-17)26-14-25-20/h5-8,11-12,18H,1-4,9-10,13-14H2. The molecule has 1 saturated heterocycles. The molecule has 0 N–H and O–H groups in total. The number of hydrogen-bond acceptors (Lipinski definition) is 4. The van der Waals surface area contributed by atoms with Crippen LogP contribution in [0.3, 0.4) is 0 Å². The Kier molecular flexibility index (Phi) is 4.13. The van der Waals surface area contributed by atoms with Crippen LogP contribution in [0.15, 0.2) is 41.3 Å².